The number of carbonyl (C=O) groups excluding carboxylic acids is 1. The lowest BCUT2D eigenvalue weighted by molar-refractivity contribution is -0.143. The zero-order chi connectivity index (χ0) is 18.5. The number of nitrogens with one attached hydrogen (secondary N) is 1. The number of nitrogens with zero attached hydrogens (tertiary/aromatic N) is 3. The Kier molecular flexibility index (Phi) is 5.50. The first kappa shape index (κ1) is 17.9. The molecule has 2 amide bonds. The van der Waals surface area contributed by atoms with Crippen molar-refractivity contribution in [3.05, 3.63) is 47.6 Å². The van der Waals surface area contributed by atoms with Crippen molar-refractivity contribution in [2.45, 2.75) is 32.2 Å². The first-order valence-corrected chi connectivity index (χ1v) is 8.67. The SMILES string of the molecule is CC(NC(=O)N1CCCC(C(=O)O)C1)c1noc(Cc2ccccc2)n1. The number of carboxylic acid groups (broad SMARTS) is 1. The Morgan fingerprint density at radius 3 is 2.88 bits per heavy atom. The molecule has 0 saturated carbocycles. The van der Waals surface area contributed by atoms with Crippen LogP contribution in [0.1, 0.15) is 43.1 Å². The summed E-state index contributed by atoms with van der Waals surface area (Å²) in [6, 6.07) is 9.04. The minimum absolute atomic E-state index is 0.222. The summed E-state index contributed by atoms with van der Waals surface area (Å²) >= 11 is 0. The van der Waals surface area contributed by atoms with E-state index >= 15 is 0 Å². The minimum atomic E-state index is -0.862. The Morgan fingerprint density at radius 2 is 2.15 bits per heavy atom. The number of urea groups is 1. The maximum absolute atomic E-state index is 12.4. The van der Waals surface area contributed by atoms with Gasteiger partial charge in [0.05, 0.1) is 18.4 Å². The molecule has 1 aliphatic rings. The number of likely N-dealkylation sites (tertiary alicyclic amines) is 1. The lowest BCUT2D eigenvalue weighted by Crippen LogP contribution is -2.47. The molecule has 2 N–H and O–H groups in total. The topological polar surface area (TPSA) is 109 Å². The summed E-state index contributed by atoms with van der Waals surface area (Å²) in [6.45, 7) is 2.54. The van der Waals surface area contributed by atoms with Crippen LogP contribution in [-0.2, 0) is 11.2 Å². The number of rotatable bonds is 5. The number of amides is 2. The predicted molar refractivity (Wildman–Crippen MR) is 92.4 cm³/mol. The molecule has 0 spiro atoms. The van der Waals surface area contributed by atoms with Crippen LogP contribution in [0.5, 0.6) is 0 Å². The molecule has 0 radical (unpaired) electrons. The Labute approximate surface area is 151 Å². The second-order valence-corrected chi connectivity index (χ2v) is 6.50. The first-order chi connectivity index (χ1) is 12.5. The van der Waals surface area contributed by atoms with Crippen LogP contribution in [0.25, 0.3) is 0 Å². The van der Waals surface area contributed by atoms with Crippen molar-refractivity contribution >= 4 is 12.0 Å². The van der Waals surface area contributed by atoms with Crippen LogP contribution in [0.15, 0.2) is 34.9 Å². The van der Waals surface area contributed by atoms with Gasteiger partial charge in [-0.2, -0.15) is 4.98 Å². The predicted octanol–water partition coefficient (Wildman–Crippen LogP) is 2.23. The van der Waals surface area contributed by atoms with Crippen molar-refractivity contribution in [1.29, 1.82) is 0 Å². The smallest absolute Gasteiger partial charge is 0.318 e. The van der Waals surface area contributed by atoms with E-state index < -0.39 is 17.9 Å². The van der Waals surface area contributed by atoms with E-state index in [0.29, 0.717) is 37.5 Å². The summed E-state index contributed by atoms with van der Waals surface area (Å²) in [5.41, 5.74) is 1.06. The molecule has 1 aromatic carbocycles. The third kappa shape index (κ3) is 4.38. The highest BCUT2D eigenvalue weighted by Gasteiger charge is 2.29. The number of benzene rings is 1. The van der Waals surface area contributed by atoms with Crippen LogP contribution >= 0.6 is 0 Å². The molecule has 26 heavy (non-hydrogen) atoms. The number of hydrogen-bond donors (Lipinski definition) is 2. The first-order valence-electron chi connectivity index (χ1n) is 8.67. The maximum atomic E-state index is 12.4. The van der Waals surface area contributed by atoms with Crippen LogP contribution in [0.2, 0.25) is 0 Å². The van der Waals surface area contributed by atoms with E-state index in [2.05, 4.69) is 15.5 Å². The summed E-state index contributed by atoms with van der Waals surface area (Å²) in [7, 11) is 0. The molecule has 8 heteroatoms. The zero-order valence-corrected chi connectivity index (χ0v) is 14.6. The third-order valence-electron chi connectivity index (χ3n) is 4.47. The molecule has 0 bridgehead atoms. The van der Waals surface area contributed by atoms with Crippen molar-refractivity contribution < 1.29 is 19.2 Å². The van der Waals surface area contributed by atoms with Crippen LogP contribution in [-0.4, -0.2) is 45.2 Å². The Hall–Kier alpha value is -2.90. The fourth-order valence-corrected chi connectivity index (χ4v) is 2.99. The van der Waals surface area contributed by atoms with Crippen LogP contribution in [0.3, 0.4) is 0 Å². The molecule has 1 aliphatic heterocycles. The Morgan fingerprint density at radius 1 is 1.38 bits per heavy atom. The number of hydrogen-bond acceptors (Lipinski definition) is 5. The Bertz CT molecular complexity index is 762. The second-order valence-electron chi connectivity index (χ2n) is 6.50. The number of aliphatic carboxylic acids is 1. The number of piperidine rings is 1. The van der Waals surface area contributed by atoms with Gasteiger partial charge in [-0.25, -0.2) is 4.79 Å². The molecule has 2 unspecified atom stereocenters. The van der Waals surface area contributed by atoms with Gasteiger partial charge in [-0.05, 0) is 25.3 Å². The zero-order valence-electron chi connectivity index (χ0n) is 14.6. The van der Waals surface area contributed by atoms with E-state index in [0.717, 1.165) is 5.56 Å². The van der Waals surface area contributed by atoms with Gasteiger partial charge in [0.2, 0.25) is 5.89 Å². The molecule has 1 saturated heterocycles. The molecule has 3 rings (SSSR count). The van der Waals surface area contributed by atoms with Gasteiger partial charge in [-0.15, -0.1) is 0 Å². The molecule has 1 fully saturated rings. The molecular weight excluding hydrogens is 336 g/mol. The normalized spacial score (nSPS) is 18.3. The monoisotopic (exact) mass is 358 g/mol. The lowest BCUT2D eigenvalue weighted by atomic mass is 9.99. The highest BCUT2D eigenvalue weighted by molar-refractivity contribution is 5.76. The minimum Gasteiger partial charge on any atom is -0.481 e. The van der Waals surface area contributed by atoms with Gasteiger partial charge in [-0.1, -0.05) is 35.5 Å². The van der Waals surface area contributed by atoms with Gasteiger partial charge < -0.3 is 19.8 Å². The summed E-state index contributed by atoms with van der Waals surface area (Å²) < 4.78 is 5.26. The van der Waals surface area contributed by atoms with E-state index in [9.17, 15) is 9.59 Å². The van der Waals surface area contributed by atoms with Gasteiger partial charge in [0.1, 0.15) is 0 Å². The molecule has 2 atom stereocenters. The van der Waals surface area contributed by atoms with Gasteiger partial charge in [0.25, 0.3) is 0 Å². The Balaban J connectivity index is 1.57. The molecule has 2 heterocycles. The number of carboxylic acids is 1. The standard InChI is InChI=1S/C18H22N4O4/c1-12(19-18(25)22-9-5-8-14(11-22)17(23)24)16-20-15(26-21-16)10-13-6-3-2-4-7-13/h2-4,6-7,12,14H,5,8-11H2,1H3,(H,19,25)(H,23,24). The van der Waals surface area contributed by atoms with Crippen molar-refractivity contribution in [1.82, 2.24) is 20.4 Å². The van der Waals surface area contributed by atoms with Crippen molar-refractivity contribution in [2.24, 2.45) is 5.92 Å². The molecular formula is C18H22N4O4. The summed E-state index contributed by atoms with van der Waals surface area (Å²) in [4.78, 5) is 29.4. The molecule has 138 valence electrons. The van der Waals surface area contributed by atoms with E-state index in [4.69, 9.17) is 9.63 Å². The molecule has 0 aliphatic carbocycles. The quantitative estimate of drug-likeness (QED) is 0.848. The highest BCUT2D eigenvalue weighted by atomic mass is 16.5. The molecule has 8 nitrogen and oxygen atoms in total. The van der Waals surface area contributed by atoms with Crippen LogP contribution in [0.4, 0.5) is 4.79 Å². The average molecular weight is 358 g/mol. The summed E-state index contributed by atoms with van der Waals surface area (Å²) in [5, 5.41) is 15.9. The average Bonchev–Trinajstić information content (AvgIpc) is 3.11. The van der Waals surface area contributed by atoms with Crippen LogP contribution < -0.4 is 5.32 Å². The third-order valence-corrected chi connectivity index (χ3v) is 4.47. The van der Waals surface area contributed by atoms with E-state index in [1.165, 1.54) is 4.90 Å². The summed E-state index contributed by atoms with van der Waals surface area (Å²) in [5.74, 6) is -0.487. The largest absolute Gasteiger partial charge is 0.481 e. The number of aromatic nitrogens is 2. The van der Waals surface area contributed by atoms with Crippen molar-refractivity contribution in [2.75, 3.05) is 13.1 Å². The molecule has 2 aromatic rings. The van der Waals surface area contributed by atoms with Crippen LogP contribution in [0, 0.1) is 5.92 Å². The van der Waals surface area contributed by atoms with E-state index in [1.54, 1.807) is 6.92 Å². The van der Waals surface area contributed by atoms with Crippen molar-refractivity contribution in [3.63, 3.8) is 0 Å². The van der Waals surface area contributed by atoms with Gasteiger partial charge in [0, 0.05) is 13.1 Å². The summed E-state index contributed by atoms with van der Waals surface area (Å²) in [6.07, 6.45) is 1.81. The molecule has 1 aromatic heterocycles. The van der Waals surface area contributed by atoms with Crippen molar-refractivity contribution in [3.8, 4) is 0 Å². The van der Waals surface area contributed by atoms with Gasteiger partial charge in [0.15, 0.2) is 5.82 Å². The van der Waals surface area contributed by atoms with Gasteiger partial charge in [-0.3, -0.25) is 4.79 Å². The van der Waals surface area contributed by atoms with E-state index in [-0.39, 0.29) is 12.6 Å². The number of carbonyl (C=O) groups is 2. The van der Waals surface area contributed by atoms with E-state index in [1.807, 2.05) is 30.3 Å². The van der Waals surface area contributed by atoms with Gasteiger partial charge >= 0.3 is 12.0 Å². The fraction of sp³-hybridized carbons (Fsp3) is 0.444. The lowest BCUT2D eigenvalue weighted by Gasteiger charge is -2.31. The maximum Gasteiger partial charge on any atom is 0.318 e. The highest BCUT2D eigenvalue weighted by Crippen LogP contribution is 2.18. The fourth-order valence-electron chi connectivity index (χ4n) is 2.99. The second kappa shape index (κ2) is 7.99.